The average molecular weight is 443 g/mol. The van der Waals surface area contributed by atoms with E-state index in [1.54, 1.807) is 12.1 Å². The molecule has 0 saturated heterocycles. The summed E-state index contributed by atoms with van der Waals surface area (Å²) in [6.07, 6.45) is 0. The molecule has 1 aliphatic heterocycles. The third-order valence-corrected chi connectivity index (χ3v) is 5.03. The van der Waals surface area contributed by atoms with Gasteiger partial charge in [0, 0.05) is 18.2 Å². The molecule has 0 atom stereocenters. The summed E-state index contributed by atoms with van der Waals surface area (Å²) in [6.45, 7) is 1.23. The maximum Gasteiger partial charge on any atom is 0.335 e. The normalized spacial score (nSPS) is 12.3. The quantitative estimate of drug-likeness (QED) is 0.584. The monoisotopic (exact) mass is 443 g/mol. The molecular formula is C24H17N3O6. The smallest absolute Gasteiger partial charge is 0.335 e. The molecule has 4 amide bonds. The van der Waals surface area contributed by atoms with E-state index in [0.717, 1.165) is 10.0 Å². The number of benzene rings is 3. The number of imide groups is 1. The molecule has 4 rings (SSSR count). The number of amides is 4. The van der Waals surface area contributed by atoms with Gasteiger partial charge in [-0.05, 0) is 60.7 Å². The number of hydrazine groups is 1. The van der Waals surface area contributed by atoms with Crippen molar-refractivity contribution in [1.29, 1.82) is 0 Å². The minimum absolute atomic E-state index is 0.0924. The lowest BCUT2D eigenvalue weighted by atomic mass is 10.1. The van der Waals surface area contributed by atoms with Crippen LogP contribution in [0.5, 0.6) is 0 Å². The number of carboxylic acids is 1. The Morgan fingerprint density at radius 1 is 0.788 bits per heavy atom. The molecule has 33 heavy (non-hydrogen) atoms. The van der Waals surface area contributed by atoms with Gasteiger partial charge in [0.1, 0.15) is 0 Å². The fourth-order valence-electron chi connectivity index (χ4n) is 3.45. The van der Waals surface area contributed by atoms with Crippen LogP contribution in [0.25, 0.3) is 0 Å². The number of hydrogen-bond donors (Lipinski definition) is 2. The van der Waals surface area contributed by atoms with Gasteiger partial charge in [-0.3, -0.25) is 19.2 Å². The Labute approximate surface area is 187 Å². The van der Waals surface area contributed by atoms with Crippen molar-refractivity contribution < 1.29 is 29.1 Å². The van der Waals surface area contributed by atoms with Gasteiger partial charge >= 0.3 is 5.97 Å². The van der Waals surface area contributed by atoms with Gasteiger partial charge in [0.2, 0.25) is 5.91 Å². The Morgan fingerprint density at radius 2 is 1.30 bits per heavy atom. The summed E-state index contributed by atoms with van der Waals surface area (Å²) in [7, 11) is 0. The zero-order valence-corrected chi connectivity index (χ0v) is 17.3. The lowest BCUT2D eigenvalue weighted by molar-refractivity contribution is -0.118. The number of hydrogen-bond acceptors (Lipinski definition) is 5. The van der Waals surface area contributed by atoms with Crippen LogP contribution in [-0.2, 0) is 4.79 Å². The van der Waals surface area contributed by atoms with Crippen LogP contribution < -0.4 is 10.3 Å². The van der Waals surface area contributed by atoms with Gasteiger partial charge in [-0.2, -0.15) is 5.01 Å². The molecule has 3 aromatic carbocycles. The molecule has 0 saturated carbocycles. The van der Waals surface area contributed by atoms with Gasteiger partial charge in [0.05, 0.1) is 22.4 Å². The van der Waals surface area contributed by atoms with Crippen LogP contribution in [0.1, 0.15) is 48.4 Å². The van der Waals surface area contributed by atoms with Crippen LogP contribution in [0.2, 0.25) is 0 Å². The third kappa shape index (κ3) is 3.94. The van der Waals surface area contributed by atoms with E-state index in [0.29, 0.717) is 5.69 Å². The number of carbonyl (C=O) groups excluding carboxylic acids is 4. The molecule has 9 heteroatoms. The highest BCUT2D eigenvalue weighted by atomic mass is 16.4. The van der Waals surface area contributed by atoms with Crippen molar-refractivity contribution in [2.45, 2.75) is 6.92 Å². The number of nitrogens with one attached hydrogen (secondary N) is 1. The van der Waals surface area contributed by atoms with Gasteiger partial charge in [-0.1, -0.05) is 12.1 Å². The van der Waals surface area contributed by atoms with E-state index >= 15 is 0 Å². The van der Waals surface area contributed by atoms with Crippen molar-refractivity contribution >= 4 is 41.0 Å². The standard InChI is InChI=1S/C24H17N3O6/c1-14(28)26(27-22(30)19-4-2-3-5-20(19)23(27)31)18-12-8-15(9-13-18)21(29)25-17-10-6-16(7-11-17)24(32)33/h2-13H,1H3,(H,25,29)(H,32,33). The number of fused-ring (bicyclic) bond motifs is 1. The van der Waals surface area contributed by atoms with E-state index in [2.05, 4.69) is 5.32 Å². The molecule has 1 aliphatic rings. The molecular weight excluding hydrogens is 426 g/mol. The van der Waals surface area contributed by atoms with Gasteiger partial charge in [-0.25, -0.2) is 9.80 Å². The molecule has 0 aromatic heterocycles. The van der Waals surface area contributed by atoms with Crippen molar-refractivity contribution in [3.63, 3.8) is 0 Å². The van der Waals surface area contributed by atoms with E-state index in [1.807, 2.05) is 0 Å². The summed E-state index contributed by atoms with van der Waals surface area (Å²) in [5, 5.41) is 13.3. The lowest BCUT2D eigenvalue weighted by Gasteiger charge is -2.28. The number of carboxylic acid groups (broad SMARTS) is 1. The SMILES string of the molecule is CC(=O)N(c1ccc(C(=O)Nc2ccc(C(=O)O)cc2)cc1)N1C(=O)c2ccccc2C1=O. The molecule has 0 aliphatic carbocycles. The molecule has 0 radical (unpaired) electrons. The van der Waals surface area contributed by atoms with Crippen molar-refractivity contribution in [2.24, 2.45) is 0 Å². The lowest BCUT2D eigenvalue weighted by Crippen LogP contribution is -2.49. The first kappa shape index (κ1) is 21.4. The second-order valence-electron chi connectivity index (χ2n) is 7.18. The van der Waals surface area contributed by atoms with Gasteiger partial charge in [-0.15, -0.1) is 0 Å². The molecule has 0 bridgehead atoms. The number of nitrogens with zero attached hydrogens (tertiary/aromatic N) is 2. The summed E-state index contributed by atoms with van der Waals surface area (Å²) in [5.41, 5.74) is 1.41. The number of anilines is 2. The van der Waals surface area contributed by atoms with E-state index in [4.69, 9.17) is 5.11 Å². The summed E-state index contributed by atoms with van der Waals surface area (Å²) < 4.78 is 0. The van der Waals surface area contributed by atoms with Crippen LogP contribution in [0, 0.1) is 0 Å². The molecule has 0 unspecified atom stereocenters. The average Bonchev–Trinajstić information content (AvgIpc) is 3.05. The highest BCUT2D eigenvalue weighted by Crippen LogP contribution is 2.28. The Kier molecular flexibility index (Phi) is 5.45. The van der Waals surface area contributed by atoms with Crippen molar-refractivity contribution in [3.8, 4) is 0 Å². The maximum atomic E-state index is 12.8. The van der Waals surface area contributed by atoms with Crippen molar-refractivity contribution in [2.75, 3.05) is 10.3 Å². The molecule has 3 aromatic rings. The van der Waals surface area contributed by atoms with Crippen LogP contribution in [0.15, 0.2) is 72.8 Å². The van der Waals surface area contributed by atoms with E-state index in [1.165, 1.54) is 67.6 Å². The minimum Gasteiger partial charge on any atom is -0.478 e. The van der Waals surface area contributed by atoms with E-state index in [9.17, 15) is 24.0 Å². The molecule has 0 spiro atoms. The second-order valence-corrected chi connectivity index (χ2v) is 7.18. The predicted octanol–water partition coefficient (Wildman–Crippen LogP) is 3.20. The Bertz CT molecular complexity index is 1260. The highest BCUT2D eigenvalue weighted by molar-refractivity contribution is 6.24. The van der Waals surface area contributed by atoms with Crippen LogP contribution >= 0.6 is 0 Å². The number of rotatable bonds is 5. The first-order valence-corrected chi connectivity index (χ1v) is 9.81. The molecule has 164 valence electrons. The summed E-state index contributed by atoms with van der Waals surface area (Å²) in [6, 6.07) is 17.8. The maximum absolute atomic E-state index is 12.8. The highest BCUT2D eigenvalue weighted by Gasteiger charge is 2.41. The van der Waals surface area contributed by atoms with Crippen LogP contribution in [-0.4, -0.2) is 39.7 Å². The zero-order valence-electron chi connectivity index (χ0n) is 17.3. The largest absolute Gasteiger partial charge is 0.478 e. The Balaban J connectivity index is 1.55. The molecule has 9 nitrogen and oxygen atoms in total. The fourth-order valence-corrected chi connectivity index (χ4v) is 3.45. The summed E-state index contributed by atoms with van der Waals surface area (Å²) in [5.74, 6) is -3.31. The van der Waals surface area contributed by atoms with Gasteiger partial charge in [0.15, 0.2) is 0 Å². The zero-order chi connectivity index (χ0) is 23.7. The fraction of sp³-hybridized carbons (Fsp3) is 0.0417. The topological polar surface area (TPSA) is 124 Å². The van der Waals surface area contributed by atoms with Gasteiger partial charge < -0.3 is 10.4 Å². The molecule has 1 heterocycles. The van der Waals surface area contributed by atoms with Crippen LogP contribution in [0.3, 0.4) is 0 Å². The first-order chi connectivity index (χ1) is 15.8. The van der Waals surface area contributed by atoms with Crippen LogP contribution in [0.4, 0.5) is 11.4 Å². The van der Waals surface area contributed by atoms with Crippen molar-refractivity contribution in [1.82, 2.24) is 5.01 Å². The van der Waals surface area contributed by atoms with E-state index in [-0.39, 0.29) is 27.9 Å². The predicted molar refractivity (Wildman–Crippen MR) is 118 cm³/mol. The Morgan fingerprint density at radius 3 is 1.79 bits per heavy atom. The van der Waals surface area contributed by atoms with Gasteiger partial charge in [0.25, 0.3) is 17.7 Å². The second kappa shape index (κ2) is 8.39. The summed E-state index contributed by atoms with van der Waals surface area (Å²) in [4.78, 5) is 61.4. The first-order valence-electron chi connectivity index (χ1n) is 9.81. The minimum atomic E-state index is -1.07. The third-order valence-electron chi connectivity index (χ3n) is 5.03. The van der Waals surface area contributed by atoms with Crippen molar-refractivity contribution in [3.05, 3.63) is 95.1 Å². The summed E-state index contributed by atoms with van der Waals surface area (Å²) >= 11 is 0. The van der Waals surface area contributed by atoms with E-state index < -0.39 is 29.6 Å². The molecule has 2 N–H and O–H groups in total. The number of carbonyl (C=O) groups is 5. The number of aromatic carboxylic acids is 1. The Hall–Kier alpha value is -4.79. The molecule has 0 fully saturated rings.